The molecule has 1 aromatic carbocycles. The van der Waals surface area contributed by atoms with Crippen LogP contribution < -0.4 is 0 Å². The first-order valence-electron chi connectivity index (χ1n) is 5.57. The van der Waals surface area contributed by atoms with Gasteiger partial charge in [-0.15, -0.1) is 0 Å². The minimum atomic E-state index is -1.70. The molecule has 0 unspecified atom stereocenters. The summed E-state index contributed by atoms with van der Waals surface area (Å²) in [6.45, 7) is 0. The number of hydrogen-bond acceptors (Lipinski definition) is 4. The van der Waals surface area contributed by atoms with Gasteiger partial charge in [0.15, 0.2) is 11.6 Å². The third kappa shape index (κ3) is 3.60. The highest BCUT2D eigenvalue weighted by Gasteiger charge is 2.27. The van der Waals surface area contributed by atoms with E-state index in [0.717, 1.165) is 5.56 Å². The molecule has 104 valence electrons. The molecule has 0 aliphatic carbocycles. The van der Waals surface area contributed by atoms with Crippen LogP contribution >= 0.6 is 34.8 Å². The fraction of sp³-hybridized carbons (Fsp3) is 0.154. The van der Waals surface area contributed by atoms with Gasteiger partial charge in [-0.2, -0.15) is 0 Å². The van der Waals surface area contributed by atoms with Gasteiger partial charge >= 0.3 is 0 Å². The Kier molecular flexibility index (Phi) is 4.81. The van der Waals surface area contributed by atoms with Crippen LogP contribution in [-0.2, 0) is 8.53 Å². The first kappa shape index (κ1) is 15.0. The van der Waals surface area contributed by atoms with Crippen LogP contribution in [0.25, 0.3) is 5.57 Å². The van der Waals surface area contributed by atoms with Crippen molar-refractivity contribution in [3.05, 3.63) is 60.1 Å². The molecule has 0 N–H and O–H groups in total. The van der Waals surface area contributed by atoms with Gasteiger partial charge in [0, 0.05) is 0 Å². The van der Waals surface area contributed by atoms with E-state index in [1.807, 2.05) is 30.3 Å². The van der Waals surface area contributed by atoms with E-state index in [4.69, 9.17) is 39.5 Å². The number of rotatable bonds is 3. The number of ether oxygens (including phenoxy) is 1. The first-order chi connectivity index (χ1) is 9.52. The molecule has 0 saturated heterocycles. The molecule has 0 radical (unpaired) electrons. The number of benzene rings is 1. The molecule has 1 aromatic heterocycles. The van der Waals surface area contributed by atoms with E-state index in [1.54, 1.807) is 7.11 Å². The van der Waals surface area contributed by atoms with Crippen LogP contribution in [-0.4, -0.2) is 22.1 Å². The molecular weight excluding hydrogens is 321 g/mol. The number of nitrogens with zero attached hydrogens (tertiary/aromatic N) is 3. The Hall–Kier alpha value is -1.36. The number of hydrogen-bond donors (Lipinski definition) is 0. The van der Waals surface area contributed by atoms with Gasteiger partial charge in [0.25, 0.3) is 0 Å². The lowest BCUT2D eigenvalue weighted by atomic mass is 10.1. The summed E-state index contributed by atoms with van der Waals surface area (Å²) in [6.07, 6.45) is 2.83. The van der Waals surface area contributed by atoms with E-state index < -0.39 is 3.79 Å². The molecule has 2 aromatic rings. The second-order valence-electron chi connectivity index (χ2n) is 3.76. The molecule has 7 heteroatoms. The van der Waals surface area contributed by atoms with Gasteiger partial charge in [0.05, 0.1) is 18.9 Å². The van der Waals surface area contributed by atoms with Crippen molar-refractivity contribution >= 4 is 40.4 Å². The number of aromatic nitrogens is 3. The van der Waals surface area contributed by atoms with Gasteiger partial charge in [0.2, 0.25) is 3.79 Å². The quantitative estimate of drug-likeness (QED) is 0.635. The Morgan fingerprint density at radius 2 is 1.85 bits per heavy atom. The fourth-order valence-electron chi connectivity index (χ4n) is 1.55. The second-order valence-corrected chi connectivity index (χ2v) is 6.04. The average Bonchev–Trinajstić information content (AvgIpc) is 2.45. The smallest absolute Gasteiger partial charge is 0.250 e. The minimum Gasteiger partial charge on any atom is -0.504 e. The van der Waals surface area contributed by atoms with E-state index in [-0.39, 0.29) is 5.82 Å². The summed E-state index contributed by atoms with van der Waals surface area (Å²) in [4.78, 5) is 12.1. The lowest BCUT2D eigenvalue weighted by molar-refractivity contribution is 0.339. The molecular formula is C13H10Cl3N3O. The third-order valence-corrected chi connectivity index (χ3v) is 2.89. The summed E-state index contributed by atoms with van der Waals surface area (Å²) in [5.41, 5.74) is 1.56. The molecule has 1 heterocycles. The molecule has 0 aliphatic heterocycles. The monoisotopic (exact) mass is 329 g/mol. The third-order valence-electron chi connectivity index (χ3n) is 2.39. The molecule has 0 fully saturated rings. The summed E-state index contributed by atoms with van der Waals surface area (Å²) < 4.78 is 3.38. The van der Waals surface area contributed by atoms with Crippen molar-refractivity contribution in [2.24, 2.45) is 0 Å². The highest BCUT2D eigenvalue weighted by Crippen LogP contribution is 2.36. The number of methoxy groups -OCH3 is 1. The first-order valence-corrected chi connectivity index (χ1v) is 6.70. The van der Waals surface area contributed by atoms with Crippen molar-refractivity contribution < 1.29 is 4.74 Å². The van der Waals surface area contributed by atoms with Gasteiger partial charge < -0.3 is 4.74 Å². The van der Waals surface area contributed by atoms with Gasteiger partial charge in [-0.3, -0.25) is 0 Å². The number of halogens is 3. The summed E-state index contributed by atoms with van der Waals surface area (Å²) in [5, 5.41) is 0. The Labute approximate surface area is 131 Å². The Morgan fingerprint density at radius 3 is 2.45 bits per heavy atom. The summed E-state index contributed by atoms with van der Waals surface area (Å²) in [5.74, 6) is 0.430. The summed E-state index contributed by atoms with van der Waals surface area (Å²) >= 11 is 17.4. The molecule has 4 nitrogen and oxygen atoms in total. The lowest BCUT2D eigenvalue weighted by Gasteiger charge is -2.11. The molecule has 0 spiro atoms. The van der Waals surface area contributed by atoms with E-state index in [0.29, 0.717) is 11.4 Å². The molecule has 0 atom stereocenters. The van der Waals surface area contributed by atoms with Crippen molar-refractivity contribution in [3.63, 3.8) is 0 Å². The normalized spacial score (nSPS) is 12.3. The molecule has 0 saturated carbocycles. The van der Waals surface area contributed by atoms with E-state index >= 15 is 0 Å². The molecule has 20 heavy (non-hydrogen) atoms. The highest BCUT2D eigenvalue weighted by molar-refractivity contribution is 6.66. The summed E-state index contributed by atoms with van der Waals surface area (Å²) in [7, 11) is 1.54. The topological polar surface area (TPSA) is 47.9 Å². The van der Waals surface area contributed by atoms with Crippen LogP contribution in [0, 0.1) is 0 Å². The van der Waals surface area contributed by atoms with Crippen molar-refractivity contribution in [1.29, 1.82) is 0 Å². The highest BCUT2D eigenvalue weighted by atomic mass is 35.6. The maximum absolute atomic E-state index is 5.79. The van der Waals surface area contributed by atoms with Crippen molar-refractivity contribution in [2.75, 3.05) is 7.11 Å². The zero-order chi connectivity index (χ0) is 14.6. The fourth-order valence-corrected chi connectivity index (χ4v) is 1.82. The van der Waals surface area contributed by atoms with Crippen LogP contribution in [0.3, 0.4) is 0 Å². The van der Waals surface area contributed by atoms with E-state index in [1.165, 1.54) is 12.6 Å². The minimum absolute atomic E-state index is 0.0606. The predicted molar refractivity (Wildman–Crippen MR) is 79.6 cm³/mol. The van der Waals surface area contributed by atoms with Gasteiger partial charge in [0.1, 0.15) is 6.33 Å². The molecule has 0 amide bonds. The van der Waals surface area contributed by atoms with Crippen LogP contribution in [0.15, 0.2) is 42.9 Å². The lowest BCUT2D eigenvalue weighted by Crippen LogP contribution is -2.10. The predicted octanol–water partition coefficient (Wildman–Crippen LogP) is 3.73. The average molecular weight is 331 g/mol. The standard InChI is InChI=1S/C13H10Cl3N3O/c1-20-7-10(9-5-3-2-4-6-9)11-17-8-18-12(19-11)13(14,15)16/h2-8H,1H3. The molecule has 0 bridgehead atoms. The largest absolute Gasteiger partial charge is 0.504 e. The van der Waals surface area contributed by atoms with Crippen LogP contribution in [0.1, 0.15) is 17.2 Å². The van der Waals surface area contributed by atoms with E-state index in [9.17, 15) is 0 Å². The molecule has 0 aliphatic rings. The van der Waals surface area contributed by atoms with Crippen molar-refractivity contribution in [3.8, 4) is 0 Å². The van der Waals surface area contributed by atoms with Crippen molar-refractivity contribution in [2.45, 2.75) is 3.79 Å². The zero-order valence-corrected chi connectivity index (χ0v) is 12.7. The zero-order valence-electron chi connectivity index (χ0n) is 10.4. The SMILES string of the molecule is COC=C(c1ccccc1)c1ncnc(C(Cl)(Cl)Cl)n1. The van der Waals surface area contributed by atoms with Crippen LogP contribution in [0.5, 0.6) is 0 Å². The van der Waals surface area contributed by atoms with Gasteiger partial charge in [-0.1, -0.05) is 65.1 Å². The Bertz CT molecular complexity index is 612. The van der Waals surface area contributed by atoms with Crippen molar-refractivity contribution in [1.82, 2.24) is 15.0 Å². The Balaban J connectivity index is 2.49. The second kappa shape index (κ2) is 6.39. The van der Waals surface area contributed by atoms with E-state index in [2.05, 4.69) is 15.0 Å². The van der Waals surface area contributed by atoms with Crippen LogP contribution in [0.4, 0.5) is 0 Å². The maximum atomic E-state index is 5.79. The maximum Gasteiger partial charge on any atom is 0.250 e. The summed E-state index contributed by atoms with van der Waals surface area (Å²) in [6, 6.07) is 9.52. The Morgan fingerprint density at radius 1 is 1.15 bits per heavy atom. The molecule has 2 rings (SSSR count). The van der Waals surface area contributed by atoms with Gasteiger partial charge in [-0.25, -0.2) is 15.0 Å². The van der Waals surface area contributed by atoms with Crippen LogP contribution in [0.2, 0.25) is 0 Å². The van der Waals surface area contributed by atoms with Gasteiger partial charge in [-0.05, 0) is 5.56 Å². The number of alkyl halides is 3.